The molecular formula is C14H9ClF2N2O2. The number of imidazole rings is 1. The smallest absolute Gasteiger partial charge is 0.323 e. The molecule has 7 heteroatoms. The van der Waals surface area contributed by atoms with Gasteiger partial charge in [-0.15, -0.1) is 0 Å². The maximum absolute atomic E-state index is 13.8. The third-order valence-electron chi connectivity index (χ3n) is 3.19. The highest BCUT2D eigenvalue weighted by molar-refractivity contribution is 6.30. The Morgan fingerprint density at radius 1 is 1.05 bits per heavy atom. The van der Waals surface area contributed by atoms with E-state index in [1.807, 2.05) is 0 Å². The third-order valence-corrected chi connectivity index (χ3v) is 3.48. The van der Waals surface area contributed by atoms with Crippen LogP contribution in [0.5, 0.6) is 0 Å². The summed E-state index contributed by atoms with van der Waals surface area (Å²) >= 11 is 5.48. The standard InChI is InChI=1S/C14H9ClF2N2O2/c15-8-5-9(16)7(4-10(8)17)13(20)6-1-2-11-12(3-6)19-14(21)18-11/h1-5,13,20H,(H2,18,19,21). The van der Waals surface area contributed by atoms with Crippen LogP contribution in [0.3, 0.4) is 0 Å². The number of aliphatic hydroxyl groups excluding tert-OH is 1. The van der Waals surface area contributed by atoms with Gasteiger partial charge in [0.25, 0.3) is 0 Å². The van der Waals surface area contributed by atoms with Gasteiger partial charge < -0.3 is 15.1 Å². The molecular weight excluding hydrogens is 302 g/mol. The first-order valence-corrected chi connectivity index (χ1v) is 6.38. The Kier molecular flexibility index (Phi) is 3.27. The fourth-order valence-electron chi connectivity index (χ4n) is 2.15. The number of halogens is 3. The number of hydrogen-bond acceptors (Lipinski definition) is 2. The molecule has 0 fully saturated rings. The maximum Gasteiger partial charge on any atom is 0.323 e. The molecule has 108 valence electrons. The molecule has 21 heavy (non-hydrogen) atoms. The van der Waals surface area contributed by atoms with E-state index in [1.54, 1.807) is 6.07 Å². The summed E-state index contributed by atoms with van der Waals surface area (Å²) < 4.78 is 27.2. The summed E-state index contributed by atoms with van der Waals surface area (Å²) in [5.74, 6) is -1.63. The maximum atomic E-state index is 13.8. The predicted molar refractivity (Wildman–Crippen MR) is 74.3 cm³/mol. The van der Waals surface area contributed by atoms with Crippen molar-refractivity contribution in [1.82, 2.24) is 9.97 Å². The van der Waals surface area contributed by atoms with Gasteiger partial charge in [0.2, 0.25) is 0 Å². The van der Waals surface area contributed by atoms with Gasteiger partial charge in [-0.1, -0.05) is 17.7 Å². The fraction of sp³-hybridized carbons (Fsp3) is 0.0714. The fourth-order valence-corrected chi connectivity index (χ4v) is 2.30. The van der Waals surface area contributed by atoms with Gasteiger partial charge in [0.05, 0.1) is 16.1 Å². The van der Waals surface area contributed by atoms with Crippen molar-refractivity contribution in [2.24, 2.45) is 0 Å². The highest BCUT2D eigenvalue weighted by Gasteiger charge is 2.18. The molecule has 1 atom stereocenters. The summed E-state index contributed by atoms with van der Waals surface area (Å²) in [5, 5.41) is 9.85. The Bertz CT molecular complexity index is 888. The Labute approximate surface area is 122 Å². The van der Waals surface area contributed by atoms with Crippen molar-refractivity contribution in [3.05, 3.63) is 68.6 Å². The molecule has 0 aliphatic heterocycles. The molecule has 0 spiro atoms. The van der Waals surface area contributed by atoms with Crippen LogP contribution in [0.1, 0.15) is 17.2 Å². The minimum Gasteiger partial charge on any atom is -0.384 e. The summed E-state index contributed by atoms with van der Waals surface area (Å²) in [6.07, 6.45) is -1.38. The van der Waals surface area contributed by atoms with E-state index in [4.69, 9.17) is 11.6 Å². The highest BCUT2D eigenvalue weighted by atomic mass is 35.5. The van der Waals surface area contributed by atoms with Crippen molar-refractivity contribution >= 4 is 22.6 Å². The normalized spacial score (nSPS) is 12.8. The first-order valence-electron chi connectivity index (χ1n) is 6.00. The van der Waals surface area contributed by atoms with Crippen molar-refractivity contribution in [3.8, 4) is 0 Å². The second-order valence-corrected chi connectivity index (χ2v) is 4.98. The molecule has 4 nitrogen and oxygen atoms in total. The molecule has 0 aliphatic carbocycles. The van der Waals surface area contributed by atoms with Gasteiger partial charge in [0, 0.05) is 5.56 Å². The van der Waals surface area contributed by atoms with Crippen molar-refractivity contribution < 1.29 is 13.9 Å². The number of aromatic nitrogens is 2. The summed E-state index contributed by atoms with van der Waals surface area (Å²) in [4.78, 5) is 16.3. The van der Waals surface area contributed by atoms with Gasteiger partial charge in [-0.2, -0.15) is 0 Å². The number of benzene rings is 2. The molecule has 3 aromatic rings. The molecule has 0 bridgehead atoms. The zero-order valence-corrected chi connectivity index (χ0v) is 11.2. The van der Waals surface area contributed by atoms with E-state index < -0.39 is 17.7 Å². The van der Waals surface area contributed by atoms with Gasteiger partial charge in [-0.05, 0) is 29.8 Å². The van der Waals surface area contributed by atoms with Crippen LogP contribution in [-0.4, -0.2) is 15.1 Å². The summed E-state index contributed by atoms with van der Waals surface area (Å²) in [6, 6.07) is 6.24. The minimum atomic E-state index is -1.38. The van der Waals surface area contributed by atoms with E-state index in [0.717, 1.165) is 12.1 Å². The van der Waals surface area contributed by atoms with Gasteiger partial charge >= 0.3 is 5.69 Å². The number of nitrogens with one attached hydrogen (secondary N) is 2. The lowest BCUT2D eigenvalue weighted by molar-refractivity contribution is 0.214. The Morgan fingerprint density at radius 3 is 2.52 bits per heavy atom. The van der Waals surface area contributed by atoms with Gasteiger partial charge in [-0.25, -0.2) is 13.6 Å². The molecule has 3 rings (SSSR count). The van der Waals surface area contributed by atoms with E-state index in [0.29, 0.717) is 16.6 Å². The van der Waals surface area contributed by atoms with Crippen molar-refractivity contribution in [2.45, 2.75) is 6.10 Å². The number of H-pyrrole nitrogens is 2. The minimum absolute atomic E-state index is 0.228. The van der Waals surface area contributed by atoms with E-state index in [9.17, 15) is 18.7 Å². The van der Waals surface area contributed by atoms with Gasteiger partial charge in [-0.3, -0.25) is 0 Å². The third kappa shape index (κ3) is 2.43. The van der Waals surface area contributed by atoms with E-state index in [-0.39, 0.29) is 16.3 Å². The van der Waals surface area contributed by atoms with E-state index in [1.165, 1.54) is 12.1 Å². The average Bonchev–Trinajstić information content (AvgIpc) is 2.81. The summed E-state index contributed by atoms with van der Waals surface area (Å²) in [7, 11) is 0. The van der Waals surface area contributed by atoms with Crippen LogP contribution >= 0.6 is 11.6 Å². The zero-order chi connectivity index (χ0) is 15.1. The van der Waals surface area contributed by atoms with Crippen LogP contribution in [0.4, 0.5) is 8.78 Å². The second-order valence-electron chi connectivity index (χ2n) is 4.57. The molecule has 0 saturated carbocycles. The molecule has 1 heterocycles. The van der Waals surface area contributed by atoms with Crippen LogP contribution < -0.4 is 5.69 Å². The molecule has 0 saturated heterocycles. The van der Waals surface area contributed by atoms with E-state index >= 15 is 0 Å². The second kappa shape index (κ2) is 4.98. The molecule has 3 N–H and O–H groups in total. The first kappa shape index (κ1) is 13.8. The first-order chi connectivity index (χ1) is 9.95. The van der Waals surface area contributed by atoms with Crippen molar-refractivity contribution in [3.63, 3.8) is 0 Å². The van der Waals surface area contributed by atoms with E-state index in [2.05, 4.69) is 9.97 Å². The highest BCUT2D eigenvalue weighted by Crippen LogP contribution is 2.29. The summed E-state index contributed by atoms with van der Waals surface area (Å²) in [6.45, 7) is 0. The number of fused-ring (bicyclic) bond motifs is 1. The quantitative estimate of drug-likeness (QED) is 0.637. The molecule has 0 aliphatic rings. The topological polar surface area (TPSA) is 68.9 Å². The average molecular weight is 311 g/mol. The largest absolute Gasteiger partial charge is 0.384 e. The van der Waals surface area contributed by atoms with Crippen LogP contribution in [0.15, 0.2) is 35.1 Å². The predicted octanol–water partition coefficient (Wildman–Crippen LogP) is 2.87. The van der Waals surface area contributed by atoms with Gasteiger partial charge in [0.15, 0.2) is 0 Å². The molecule has 2 aromatic carbocycles. The molecule has 1 aromatic heterocycles. The Morgan fingerprint density at radius 2 is 1.76 bits per heavy atom. The monoisotopic (exact) mass is 310 g/mol. The Hall–Kier alpha value is -2.18. The lowest BCUT2D eigenvalue weighted by atomic mass is 10.0. The van der Waals surface area contributed by atoms with Crippen LogP contribution in [0.25, 0.3) is 11.0 Å². The van der Waals surface area contributed by atoms with Gasteiger partial charge in [0.1, 0.15) is 17.7 Å². The number of aliphatic hydroxyl groups is 1. The van der Waals surface area contributed by atoms with Crippen molar-refractivity contribution in [1.29, 1.82) is 0 Å². The Balaban J connectivity index is 2.09. The van der Waals surface area contributed by atoms with Crippen molar-refractivity contribution in [2.75, 3.05) is 0 Å². The number of aromatic amines is 2. The lowest BCUT2D eigenvalue weighted by Gasteiger charge is -2.13. The SMILES string of the molecule is O=c1[nH]c2ccc(C(O)c3cc(F)c(Cl)cc3F)cc2[nH]1. The van der Waals surface area contributed by atoms with Crippen LogP contribution in [0.2, 0.25) is 5.02 Å². The molecule has 0 amide bonds. The molecule has 1 unspecified atom stereocenters. The van der Waals surface area contributed by atoms with Crippen LogP contribution in [-0.2, 0) is 0 Å². The molecule has 0 radical (unpaired) electrons. The van der Waals surface area contributed by atoms with Crippen LogP contribution in [0, 0.1) is 11.6 Å². The number of rotatable bonds is 2. The lowest BCUT2D eigenvalue weighted by Crippen LogP contribution is -2.04. The summed E-state index contributed by atoms with van der Waals surface area (Å²) in [5.41, 5.74) is 0.720. The zero-order valence-electron chi connectivity index (χ0n) is 10.5. The number of hydrogen-bond donors (Lipinski definition) is 3.